The van der Waals surface area contributed by atoms with E-state index < -0.39 is 0 Å². The van der Waals surface area contributed by atoms with Gasteiger partial charge in [-0.15, -0.1) is 0 Å². The number of hydrogen-bond acceptors (Lipinski definition) is 2. The summed E-state index contributed by atoms with van der Waals surface area (Å²) in [4.78, 5) is 4.47. The minimum Gasteiger partial charge on any atom is -0.355 e. The molecule has 1 aromatic heterocycles. The highest BCUT2D eigenvalue weighted by Crippen LogP contribution is 2.30. The molecule has 3 rings (SSSR count). The zero-order valence-corrected chi connectivity index (χ0v) is 12.7. The number of aromatic nitrogens is 1. The molecule has 0 aliphatic heterocycles. The summed E-state index contributed by atoms with van der Waals surface area (Å²) < 4.78 is 0. The Morgan fingerprint density at radius 2 is 1.67 bits per heavy atom. The molecule has 1 N–H and O–H groups in total. The second-order valence-corrected chi connectivity index (χ2v) is 6.33. The maximum Gasteiger partial charge on any atom is 0.0723 e. The molecule has 0 fully saturated rings. The van der Waals surface area contributed by atoms with Crippen LogP contribution in [0.1, 0.15) is 26.3 Å². The lowest BCUT2D eigenvalue weighted by Crippen LogP contribution is -2.10. The molecule has 0 bridgehead atoms. The molecule has 0 saturated carbocycles. The summed E-state index contributed by atoms with van der Waals surface area (Å²) in [5, 5.41) is 4.65. The van der Waals surface area contributed by atoms with Crippen molar-refractivity contribution in [2.75, 3.05) is 5.32 Å². The Balaban J connectivity index is 2.10. The molecule has 0 radical (unpaired) electrons. The van der Waals surface area contributed by atoms with Gasteiger partial charge in [0, 0.05) is 23.0 Å². The van der Waals surface area contributed by atoms with Crippen LogP contribution in [-0.2, 0) is 5.41 Å². The first-order valence-corrected chi connectivity index (χ1v) is 7.25. The van der Waals surface area contributed by atoms with Gasteiger partial charge >= 0.3 is 0 Å². The minimum atomic E-state index is 0.133. The molecule has 106 valence electrons. The topological polar surface area (TPSA) is 24.9 Å². The summed E-state index contributed by atoms with van der Waals surface area (Å²) in [5.41, 5.74) is 4.65. The van der Waals surface area contributed by atoms with Gasteiger partial charge in [-0.1, -0.05) is 45.0 Å². The molecule has 1 heterocycles. The monoisotopic (exact) mass is 276 g/mol. The summed E-state index contributed by atoms with van der Waals surface area (Å²) in [6.07, 6.45) is 1.85. The second kappa shape index (κ2) is 5.21. The van der Waals surface area contributed by atoms with Gasteiger partial charge in [0.2, 0.25) is 0 Å². The lowest BCUT2D eigenvalue weighted by molar-refractivity contribution is 0.591. The maximum absolute atomic E-state index is 4.47. The van der Waals surface area contributed by atoms with Crippen LogP contribution in [0.25, 0.3) is 10.9 Å². The van der Waals surface area contributed by atoms with Gasteiger partial charge in [0.15, 0.2) is 0 Å². The van der Waals surface area contributed by atoms with Crippen molar-refractivity contribution in [3.05, 3.63) is 66.4 Å². The molecular weight excluding hydrogens is 256 g/mol. The molecule has 2 aromatic carbocycles. The van der Waals surface area contributed by atoms with Crippen molar-refractivity contribution in [3.63, 3.8) is 0 Å². The quantitative estimate of drug-likeness (QED) is 0.689. The van der Waals surface area contributed by atoms with Crippen LogP contribution in [0.4, 0.5) is 11.4 Å². The number of fused-ring (bicyclic) bond motifs is 1. The summed E-state index contributed by atoms with van der Waals surface area (Å²) in [5.74, 6) is 0. The first-order chi connectivity index (χ1) is 10.0. The lowest BCUT2D eigenvalue weighted by atomic mass is 9.86. The number of rotatable bonds is 2. The SMILES string of the molecule is CC(C)(C)c1ccc2nccc(Nc3ccccc3)c2c1. The van der Waals surface area contributed by atoms with E-state index in [9.17, 15) is 0 Å². The van der Waals surface area contributed by atoms with Crippen LogP contribution >= 0.6 is 0 Å². The van der Waals surface area contributed by atoms with Crippen molar-refractivity contribution in [2.45, 2.75) is 26.2 Å². The van der Waals surface area contributed by atoms with Crippen molar-refractivity contribution in [1.82, 2.24) is 4.98 Å². The predicted octanol–water partition coefficient (Wildman–Crippen LogP) is 5.28. The summed E-state index contributed by atoms with van der Waals surface area (Å²) >= 11 is 0. The van der Waals surface area contributed by atoms with Crippen molar-refractivity contribution < 1.29 is 0 Å². The van der Waals surface area contributed by atoms with Gasteiger partial charge in [-0.05, 0) is 41.3 Å². The third-order valence-electron chi connectivity index (χ3n) is 3.66. The fourth-order valence-electron chi connectivity index (χ4n) is 2.40. The van der Waals surface area contributed by atoms with Crippen LogP contribution in [0.2, 0.25) is 0 Å². The largest absolute Gasteiger partial charge is 0.355 e. The molecule has 0 aliphatic rings. The normalized spacial score (nSPS) is 11.6. The standard InChI is InChI=1S/C19H20N2/c1-19(2,3)14-9-10-17-16(13-14)18(11-12-20-17)21-15-7-5-4-6-8-15/h4-13H,1-3H3,(H,20,21). The van der Waals surface area contributed by atoms with E-state index in [1.807, 2.05) is 30.5 Å². The van der Waals surface area contributed by atoms with Gasteiger partial charge in [0.25, 0.3) is 0 Å². The van der Waals surface area contributed by atoms with E-state index in [-0.39, 0.29) is 5.41 Å². The van der Waals surface area contributed by atoms with Gasteiger partial charge in [0.1, 0.15) is 0 Å². The Bertz CT molecular complexity index is 755. The highest BCUT2D eigenvalue weighted by Gasteiger charge is 2.14. The Labute approximate surface area is 125 Å². The first kappa shape index (κ1) is 13.6. The number of pyridine rings is 1. The third kappa shape index (κ3) is 2.89. The van der Waals surface area contributed by atoms with Crippen LogP contribution in [0.15, 0.2) is 60.8 Å². The van der Waals surface area contributed by atoms with Crippen molar-refractivity contribution >= 4 is 22.3 Å². The van der Waals surface area contributed by atoms with Crippen LogP contribution < -0.4 is 5.32 Å². The van der Waals surface area contributed by atoms with Crippen LogP contribution in [0.5, 0.6) is 0 Å². The van der Waals surface area contributed by atoms with Crippen molar-refractivity contribution in [1.29, 1.82) is 0 Å². The zero-order chi connectivity index (χ0) is 14.9. The second-order valence-electron chi connectivity index (χ2n) is 6.33. The van der Waals surface area contributed by atoms with Gasteiger partial charge in [-0.25, -0.2) is 0 Å². The fourth-order valence-corrected chi connectivity index (χ4v) is 2.40. The zero-order valence-electron chi connectivity index (χ0n) is 12.7. The molecule has 0 amide bonds. The van der Waals surface area contributed by atoms with Crippen LogP contribution in [0.3, 0.4) is 0 Å². The molecule has 2 nitrogen and oxygen atoms in total. The number of anilines is 2. The smallest absolute Gasteiger partial charge is 0.0723 e. The molecule has 0 atom stereocenters. The fraction of sp³-hybridized carbons (Fsp3) is 0.211. The van der Waals surface area contributed by atoms with E-state index in [1.54, 1.807) is 0 Å². The summed E-state index contributed by atoms with van der Waals surface area (Å²) in [7, 11) is 0. The van der Waals surface area contributed by atoms with E-state index in [0.29, 0.717) is 0 Å². The van der Waals surface area contributed by atoms with E-state index >= 15 is 0 Å². The molecular formula is C19H20N2. The average molecular weight is 276 g/mol. The van der Waals surface area contributed by atoms with Gasteiger partial charge in [-0.3, -0.25) is 4.98 Å². The first-order valence-electron chi connectivity index (χ1n) is 7.25. The molecule has 0 spiro atoms. The Kier molecular flexibility index (Phi) is 3.38. The number of nitrogens with one attached hydrogen (secondary N) is 1. The number of hydrogen-bond donors (Lipinski definition) is 1. The van der Waals surface area contributed by atoms with Crippen LogP contribution in [0, 0.1) is 0 Å². The molecule has 3 aromatic rings. The Morgan fingerprint density at radius 1 is 0.905 bits per heavy atom. The van der Waals surface area contributed by atoms with Crippen LogP contribution in [-0.4, -0.2) is 4.98 Å². The Hall–Kier alpha value is -2.35. The van der Waals surface area contributed by atoms with E-state index in [1.165, 1.54) is 5.56 Å². The van der Waals surface area contributed by atoms with Crippen molar-refractivity contribution in [2.24, 2.45) is 0 Å². The van der Waals surface area contributed by atoms with Gasteiger partial charge in [0.05, 0.1) is 5.52 Å². The maximum atomic E-state index is 4.47. The van der Waals surface area contributed by atoms with Gasteiger partial charge in [-0.2, -0.15) is 0 Å². The Morgan fingerprint density at radius 3 is 2.38 bits per heavy atom. The predicted molar refractivity (Wildman–Crippen MR) is 90.2 cm³/mol. The molecule has 2 heteroatoms. The van der Waals surface area contributed by atoms with E-state index in [0.717, 1.165) is 22.3 Å². The molecule has 21 heavy (non-hydrogen) atoms. The van der Waals surface area contributed by atoms with Gasteiger partial charge < -0.3 is 5.32 Å². The number of nitrogens with zero attached hydrogens (tertiary/aromatic N) is 1. The average Bonchev–Trinajstić information content (AvgIpc) is 2.47. The molecule has 0 aliphatic carbocycles. The lowest BCUT2D eigenvalue weighted by Gasteiger charge is -2.20. The highest BCUT2D eigenvalue weighted by molar-refractivity contribution is 5.93. The van der Waals surface area contributed by atoms with E-state index in [4.69, 9.17) is 0 Å². The third-order valence-corrected chi connectivity index (χ3v) is 3.66. The summed E-state index contributed by atoms with van der Waals surface area (Å²) in [6.45, 7) is 6.69. The van der Waals surface area contributed by atoms with E-state index in [2.05, 4.69) is 61.4 Å². The summed E-state index contributed by atoms with van der Waals surface area (Å²) in [6, 6.07) is 18.8. The van der Waals surface area contributed by atoms with Crippen molar-refractivity contribution in [3.8, 4) is 0 Å². The number of para-hydroxylation sites is 1. The number of benzene rings is 2. The molecule has 0 unspecified atom stereocenters. The minimum absolute atomic E-state index is 0.133. The molecule has 0 saturated heterocycles. The highest BCUT2D eigenvalue weighted by atomic mass is 14.9.